The van der Waals surface area contributed by atoms with Crippen LogP contribution in [-0.4, -0.2) is 33.0 Å². The van der Waals surface area contributed by atoms with Crippen molar-refractivity contribution in [3.63, 3.8) is 0 Å². The van der Waals surface area contributed by atoms with Gasteiger partial charge in [0, 0.05) is 41.8 Å². The molecule has 0 saturated carbocycles. The van der Waals surface area contributed by atoms with E-state index in [0.717, 1.165) is 22.7 Å². The largest absolute Gasteiger partial charge is 0.370 e. The van der Waals surface area contributed by atoms with E-state index in [0.29, 0.717) is 19.7 Å². The lowest BCUT2D eigenvalue weighted by Crippen LogP contribution is -2.36. The van der Waals surface area contributed by atoms with Crippen molar-refractivity contribution in [2.24, 2.45) is 0 Å². The summed E-state index contributed by atoms with van der Waals surface area (Å²) in [4.78, 5) is 19.8. The van der Waals surface area contributed by atoms with E-state index in [1.165, 1.54) is 0 Å². The lowest BCUT2D eigenvalue weighted by atomic mass is 10.2. The first-order valence-electron chi connectivity index (χ1n) is 8.93. The summed E-state index contributed by atoms with van der Waals surface area (Å²) in [6, 6.07) is 12.0. The Hall–Kier alpha value is -2.70. The van der Waals surface area contributed by atoms with Gasteiger partial charge in [-0.05, 0) is 41.3 Å². The average Bonchev–Trinajstić information content (AvgIpc) is 3.34. The second-order valence-electron chi connectivity index (χ2n) is 6.51. The van der Waals surface area contributed by atoms with E-state index in [1.807, 2.05) is 59.1 Å². The van der Waals surface area contributed by atoms with Gasteiger partial charge in [0.15, 0.2) is 0 Å². The van der Waals surface area contributed by atoms with Gasteiger partial charge in [0.1, 0.15) is 0 Å². The second kappa shape index (κ2) is 8.33. The van der Waals surface area contributed by atoms with E-state index in [1.54, 1.807) is 23.6 Å². The van der Waals surface area contributed by atoms with Gasteiger partial charge in [-0.2, -0.15) is 0 Å². The number of amides is 1. The molecule has 0 saturated heterocycles. The molecule has 4 heterocycles. The molecule has 1 aliphatic heterocycles. The number of carbonyl (C=O) groups excluding carboxylic acids is 1. The van der Waals surface area contributed by atoms with E-state index in [2.05, 4.69) is 15.6 Å². The normalized spacial score (nSPS) is 17.0. The molecule has 3 aromatic heterocycles. The van der Waals surface area contributed by atoms with Crippen molar-refractivity contribution < 1.29 is 9.53 Å². The number of pyridine rings is 1. The molecule has 1 amide bonds. The van der Waals surface area contributed by atoms with Gasteiger partial charge in [-0.1, -0.05) is 12.1 Å². The maximum Gasteiger partial charge on any atom is 0.247 e. The molecule has 27 heavy (non-hydrogen) atoms. The van der Waals surface area contributed by atoms with Crippen molar-refractivity contribution in [3.05, 3.63) is 82.6 Å². The Bertz CT molecular complexity index is 903. The molecular weight excluding hydrogens is 358 g/mol. The third-order valence-electron chi connectivity index (χ3n) is 4.55. The molecule has 1 unspecified atom stereocenters. The van der Waals surface area contributed by atoms with Crippen LogP contribution in [0.1, 0.15) is 16.1 Å². The van der Waals surface area contributed by atoms with Crippen LogP contribution in [-0.2, 0) is 29.2 Å². The summed E-state index contributed by atoms with van der Waals surface area (Å²) in [7, 11) is 0. The van der Waals surface area contributed by atoms with E-state index in [-0.39, 0.29) is 12.0 Å². The molecular formula is C21H21N3O2S. The smallest absolute Gasteiger partial charge is 0.247 e. The summed E-state index contributed by atoms with van der Waals surface area (Å²) in [5.74, 6) is 0.00743. The minimum absolute atomic E-state index is 0.00743. The minimum Gasteiger partial charge on any atom is -0.370 e. The number of aromatic nitrogens is 2. The molecule has 1 atom stereocenters. The molecule has 138 valence electrons. The van der Waals surface area contributed by atoms with Crippen LogP contribution >= 0.6 is 11.3 Å². The molecule has 5 nitrogen and oxygen atoms in total. The van der Waals surface area contributed by atoms with Gasteiger partial charge in [-0.3, -0.25) is 9.78 Å². The highest BCUT2D eigenvalue weighted by molar-refractivity contribution is 7.10. The lowest BCUT2D eigenvalue weighted by Gasteiger charge is -2.23. The summed E-state index contributed by atoms with van der Waals surface area (Å²) >= 11 is 1.62. The molecule has 0 aliphatic carbocycles. The van der Waals surface area contributed by atoms with Crippen LogP contribution < -0.4 is 0 Å². The third-order valence-corrected chi connectivity index (χ3v) is 5.39. The fourth-order valence-corrected chi connectivity index (χ4v) is 3.79. The highest BCUT2D eigenvalue weighted by atomic mass is 32.1. The molecule has 0 radical (unpaired) electrons. The van der Waals surface area contributed by atoms with Crippen molar-refractivity contribution in [2.45, 2.75) is 25.8 Å². The minimum atomic E-state index is -0.0713. The van der Waals surface area contributed by atoms with Crippen molar-refractivity contribution in [3.8, 4) is 0 Å². The SMILES string of the molecule is O=C(/C=C/c1cccs1)N1Cc2cccn2CC(OCc2cccnc2)C1. The zero-order valence-electron chi connectivity index (χ0n) is 14.9. The number of nitrogens with zero attached hydrogens (tertiary/aromatic N) is 3. The molecule has 0 bridgehead atoms. The lowest BCUT2D eigenvalue weighted by molar-refractivity contribution is -0.128. The summed E-state index contributed by atoms with van der Waals surface area (Å²) < 4.78 is 8.30. The third kappa shape index (κ3) is 4.53. The molecule has 0 spiro atoms. The van der Waals surface area contributed by atoms with Gasteiger partial charge in [0.2, 0.25) is 5.91 Å². The predicted molar refractivity (Wildman–Crippen MR) is 106 cm³/mol. The quantitative estimate of drug-likeness (QED) is 0.637. The van der Waals surface area contributed by atoms with Crippen molar-refractivity contribution in [1.82, 2.24) is 14.5 Å². The number of thiophene rings is 1. The maximum absolute atomic E-state index is 12.8. The summed E-state index contributed by atoms with van der Waals surface area (Å²) in [5, 5.41) is 2.01. The van der Waals surface area contributed by atoms with Crippen LogP contribution in [0.4, 0.5) is 0 Å². The van der Waals surface area contributed by atoms with Gasteiger partial charge >= 0.3 is 0 Å². The average molecular weight is 379 g/mol. The van der Waals surface area contributed by atoms with E-state index in [9.17, 15) is 4.79 Å². The molecule has 4 rings (SSSR count). The Morgan fingerprint density at radius 2 is 2.22 bits per heavy atom. The number of hydrogen-bond acceptors (Lipinski definition) is 4. The molecule has 6 heteroatoms. The zero-order chi connectivity index (χ0) is 18.5. The number of ether oxygens (including phenoxy) is 1. The zero-order valence-corrected chi connectivity index (χ0v) is 15.7. The molecule has 0 N–H and O–H groups in total. The Labute approximate surface area is 162 Å². The standard InChI is InChI=1S/C21H21N3O2S/c25-21(8-7-20-6-3-11-27-20)24-13-18-5-2-10-23(18)14-19(15-24)26-16-17-4-1-9-22-12-17/h1-12,19H,13-16H2/b8-7+. The summed E-state index contributed by atoms with van der Waals surface area (Å²) in [6.07, 6.45) is 9.07. The first-order chi connectivity index (χ1) is 13.3. The topological polar surface area (TPSA) is 47.4 Å². The Morgan fingerprint density at radius 1 is 1.26 bits per heavy atom. The highest BCUT2D eigenvalue weighted by Crippen LogP contribution is 2.18. The fraction of sp³-hybridized carbons (Fsp3) is 0.238. The molecule has 1 aliphatic rings. The number of fused-ring (bicyclic) bond motifs is 1. The van der Waals surface area contributed by atoms with Crippen molar-refractivity contribution >= 4 is 23.3 Å². The van der Waals surface area contributed by atoms with Crippen LogP contribution in [0, 0.1) is 0 Å². The highest BCUT2D eigenvalue weighted by Gasteiger charge is 2.24. The van der Waals surface area contributed by atoms with Crippen molar-refractivity contribution in [1.29, 1.82) is 0 Å². The van der Waals surface area contributed by atoms with Crippen molar-refractivity contribution in [2.75, 3.05) is 6.54 Å². The van der Waals surface area contributed by atoms with E-state index < -0.39 is 0 Å². The maximum atomic E-state index is 12.8. The fourth-order valence-electron chi connectivity index (χ4n) is 3.17. The number of carbonyl (C=O) groups is 1. The van der Waals surface area contributed by atoms with Crippen LogP contribution in [0.5, 0.6) is 0 Å². The first-order valence-corrected chi connectivity index (χ1v) is 9.81. The van der Waals surface area contributed by atoms with E-state index >= 15 is 0 Å². The molecule has 3 aromatic rings. The predicted octanol–water partition coefficient (Wildman–Crippen LogP) is 3.59. The molecule has 0 aromatic carbocycles. The van der Waals surface area contributed by atoms with Crippen LogP contribution in [0.25, 0.3) is 6.08 Å². The monoisotopic (exact) mass is 379 g/mol. The Morgan fingerprint density at radius 3 is 3.04 bits per heavy atom. The summed E-state index contributed by atoms with van der Waals surface area (Å²) in [6.45, 7) is 2.38. The van der Waals surface area contributed by atoms with Gasteiger partial charge < -0.3 is 14.2 Å². The molecule has 0 fully saturated rings. The van der Waals surface area contributed by atoms with Crippen LogP contribution in [0.3, 0.4) is 0 Å². The number of hydrogen-bond donors (Lipinski definition) is 0. The van der Waals surface area contributed by atoms with Gasteiger partial charge in [-0.15, -0.1) is 11.3 Å². The van der Waals surface area contributed by atoms with E-state index in [4.69, 9.17) is 4.74 Å². The Balaban J connectivity index is 1.47. The van der Waals surface area contributed by atoms with Gasteiger partial charge in [-0.25, -0.2) is 0 Å². The van der Waals surface area contributed by atoms with Gasteiger partial charge in [0.25, 0.3) is 0 Å². The second-order valence-corrected chi connectivity index (χ2v) is 7.49. The number of rotatable bonds is 5. The van der Waals surface area contributed by atoms with Crippen LogP contribution in [0.2, 0.25) is 0 Å². The van der Waals surface area contributed by atoms with Gasteiger partial charge in [0.05, 0.1) is 25.8 Å². The first kappa shape index (κ1) is 17.7. The summed E-state index contributed by atoms with van der Waals surface area (Å²) in [5.41, 5.74) is 2.16. The Kier molecular flexibility index (Phi) is 5.46. The van der Waals surface area contributed by atoms with Crippen LogP contribution in [0.15, 0.2) is 66.4 Å².